The molecule has 6 heteroatoms. The highest BCUT2D eigenvalue weighted by atomic mass is 19.1. The van der Waals surface area contributed by atoms with Gasteiger partial charge in [-0.3, -0.25) is 10.1 Å². The molecule has 0 saturated carbocycles. The van der Waals surface area contributed by atoms with E-state index in [1.54, 1.807) is 12.1 Å². The maximum atomic E-state index is 13.3. The highest BCUT2D eigenvalue weighted by Crippen LogP contribution is 2.18. The summed E-state index contributed by atoms with van der Waals surface area (Å²) in [5, 5.41) is 13.4. The van der Waals surface area contributed by atoms with E-state index in [2.05, 4.69) is 5.32 Å². The number of nitrogens with zero attached hydrogens (tertiary/aromatic N) is 1. The number of nitrogens with one attached hydrogen (secondary N) is 1. The lowest BCUT2D eigenvalue weighted by Crippen LogP contribution is -2.02. The van der Waals surface area contributed by atoms with Crippen LogP contribution in [0, 0.1) is 21.7 Å². The van der Waals surface area contributed by atoms with E-state index in [1.807, 2.05) is 0 Å². The lowest BCUT2D eigenvalue weighted by molar-refractivity contribution is -0.385. The first-order chi connectivity index (χ1) is 9.06. The molecule has 0 saturated heterocycles. The Morgan fingerprint density at radius 2 is 1.89 bits per heavy atom. The Kier molecular flexibility index (Phi) is 3.70. The molecule has 0 spiro atoms. The summed E-state index contributed by atoms with van der Waals surface area (Å²) in [5.74, 6) is -1.13. The van der Waals surface area contributed by atoms with Crippen molar-refractivity contribution >= 4 is 11.4 Å². The van der Waals surface area contributed by atoms with E-state index in [1.165, 1.54) is 24.3 Å². The third kappa shape index (κ3) is 3.25. The lowest BCUT2D eigenvalue weighted by Gasteiger charge is -2.07. The van der Waals surface area contributed by atoms with Crippen molar-refractivity contribution in [3.05, 3.63) is 69.8 Å². The Morgan fingerprint density at radius 3 is 2.58 bits per heavy atom. The van der Waals surface area contributed by atoms with E-state index < -0.39 is 16.6 Å². The molecule has 2 rings (SSSR count). The molecule has 4 nitrogen and oxygen atoms in total. The van der Waals surface area contributed by atoms with Crippen molar-refractivity contribution in [3.8, 4) is 0 Å². The summed E-state index contributed by atoms with van der Waals surface area (Å²) in [5.41, 5.74) is 0.301. The van der Waals surface area contributed by atoms with Gasteiger partial charge in [0, 0.05) is 12.6 Å². The van der Waals surface area contributed by atoms with Crippen molar-refractivity contribution in [2.75, 3.05) is 5.32 Å². The van der Waals surface area contributed by atoms with Gasteiger partial charge < -0.3 is 5.32 Å². The molecule has 2 aromatic carbocycles. The van der Waals surface area contributed by atoms with Gasteiger partial charge in [-0.25, -0.2) is 8.78 Å². The molecule has 1 N–H and O–H groups in total. The first-order valence-corrected chi connectivity index (χ1v) is 5.48. The largest absolute Gasteiger partial charge is 0.379 e. The average molecular weight is 264 g/mol. The van der Waals surface area contributed by atoms with Crippen molar-refractivity contribution in [3.63, 3.8) is 0 Å². The van der Waals surface area contributed by atoms with Crippen molar-refractivity contribution < 1.29 is 13.7 Å². The van der Waals surface area contributed by atoms with Gasteiger partial charge in [0.15, 0.2) is 0 Å². The Morgan fingerprint density at radius 1 is 1.16 bits per heavy atom. The van der Waals surface area contributed by atoms with Crippen LogP contribution in [0.15, 0.2) is 42.5 Å². The number of benzene rings is 2. The van der Waals surface area contributed by atoms with Gasteiger partial charge in [-0.2, -0.15) is 0 Å². The molecule has 0 amide bonds. The minimum absolute atomic E-state index is 0.0968. The van der Waals surface area contributed by atoms with Gasteiger partial charge in [0.1, 0.15) is 11.6 Å². The van der Waals surface area contributed by atoms with Crippen LogP contribution in [0.2, 0.25) is 0 Å². The molecule has 0 aliphatic carbocycles. The van der Waals surface area contributed by atoms with Crippen molar-refractivity contribution in [2.45, 2.75) is 6.54 Å². The van der Waals surface area contributed by atoms with Crippen LogP contribution in [0.4, 0.5) is 20.2 Å². The molecular weight excluding hydrogens is 254 g/mol. The van der Waals surface area contributed by atoms with Crippen LogP contribution in [0.5, 0.6) is 0 Å². The van der Waals surface area contributed by atoms with Gasteiger partial charge >= 0.3 is 0 Å². The quantitative estimate of drug-likeness (QED) is 0.679. The van der Waals surface area contributed by atoms with E-state index in [-0.39, 0.29) is 17.9 Å². The minimum atomic E-state index is -0.695. The second-order valence-corrected chi connectivity index (χ2v) is 3.91. The van der Waals surface area contributed by atoms with Gasteiger partial charge in [-0.15, -0.1) is 0 Å². The molecule has 0 heterocycles. The van der Waals surface area contributed by atoms with Gasteiger partial charge in [0.2, 0.25) is 0 Å². The maximum absolute atomic E-state index is 13.3. The SMILES string of the molecule is O=[N+]([O-])c1cc(F)cc(CNc2ccccc2F)c1. The first-order valence-electron chi connectivity index (χ1n) is 5.48. The Hall–Kier alpha value is -2.50. The van der Waals surface area contributed by atoms with Gasteiger partial charge in [0.05, 0.1) is 16.7 Å². The van der Waals surface area contributed by atoms with E-state index in [0.29, 0.717) is 5.56 Å². The van der Waals surface area contributed by atoms with Crippen LogP contribution in [-0.4, -0.2) is 4.92 Å². The lowest BCUT2D eigenvalue weighted by atomic mass is 10.2. The molecule has 0 atom stereocenters. The fourth-order valence-corrected chi connectivity index (χ4v) is 1.64. The highest BCUT2D eigenvalue weighted by Gasteiger charge is 2.10. The van der Waals surface area contributed by atoms with Gasteiger partial charge in [0.25, 0.3) is 5.69 Å². The molecule has 0 bridgehead atoms. The van der Waals surface area contributed by atoms with Gasteiger partial charge in [-0.05, 0) is 23.8 Å². The molecular formula is C13H10F2N2O2. The minimum Gasteiger partial charge on any atom is -0.379 e. The molecule has 98 valence electrons. The molecule has 0 aromatic heterocycles. The fourth-order valence-electron chi connectivity index (χ4n) is 1.64. The Labute approximate surface area is 107 Å². The second-order valence-electron chi connectivity index (χ2n) is 3.91. The molecule has 0 radical (unpaired) electrons. The summed E-state index contributed by atoms with van der Waals surface area (Å²) in [6.07, 6.45) is 0. The smallest absolute Gasteiger partial charge is 0.272 e. The summed E-state index contributed by atoms with van der Waals surface area (Å²) >= 11 is 0. The second kappa shape index (κ2) is 5.43. The number of hydrogen-bond acceptors (Lipinski definition) is 3. The van der Waals surface area contributed by atoms with Gasteiger partial charge in [-0.1, -0.05) is 12.1 Å². The topological polar surface area (TPSA) is 55.2 Å². The number of nitro benzene ring substituents is 1. The Balaban J connectivity index is 2.16. The number of halogens is 2. The zero-order chi connectivity index (χ0) is 13.8. The maximum Gasteiger partial charge on any atom is 0.272 e. The predicted octanol–water partition coefficient (Wildman–Crippen LogP) is 3.49. The van der Waals surface area contributed by atoms with Crippen LogP contribution in [0.3, 0.4) is 0 Å². The summed E-state index contributed by atoms with van der Waals surface area (Å²) < 4.78 is 26.5. The Bertz CT molecular complexity index is 617. The molecule has 0 fully saturated rings. The molecule has 2 aromatic rings. The third-order valence-electron chi connectivity index (χ3n) is 2.51. The number of anilines is 1. The van der Waals surface area contributed by atoms with Crippen LogP contribution in [0.1, 0.15) is 5.56 Å². The summed E-state index contributed by atoms with van der Waals surface area (Å²) in [6, 6.07) is 9.27. The number of rotatable bonds is 4. The number of nitro groups is 1. The molecule has 19 heavy (non-hydrogen) atoms. The third-order valence-corrected chi connectivity index (χ3v) is 2.51. The standard InChI is InChI=1S/C13H10F2N2O2/c14-10-5-9(6-11(7-10)17(18)19)8-16-13-4-2-1-3-12(13)15/h1-7,16H,8H2. The predicted molar refractivity (Wildman–Crippen MR) is 66.8 cm³/mol. The van der Waals surface area contributed by atoms with Crippen LogP contribution in [-0.2, 0) is 6.54 Å². The summed E-state index contributed by atoms with van der Waals surface area (Å²) in [7, 11) is 0. The van der Waals surface area contributed by atoms with E-state index in [0.717, 1.165) is 6.07 Å². The number of para-hydroxylation sites is 1. The average Bonchev–Trinajstić information content (AvgIpc) is 2.37. The number of hydrogen-bond donors (Lipinski definition) is 1. The van der Waals surface area contributed by atoms with Crippen LogP contribution < -0.4 is 5.32 Å². The fraction of sp³-hybridized carbons (Fsp3) is 0.0769. The first kappa shape index (κ1) is 12.9. The zero-order valence-electron chi connectivity index (χ0n) is 9.77. The van der Waals surface area contributed by atoms with Crippen molar-refractivity contribution in [1.82, 2.24) is 0 Å². The molecule has 0 unspecified atom stereocenters. The number of non-ortho nitro benzene ring substituents is 1. The summed E-state index contributed by atoms with van der Waals surface area (Å²) in [6.45, 7) is 0.0968. The zero-order valence-corrected chi connectivity index (χ0v) is 9.77. The molecule has 0 aliphatic heterocycles. The van der Waals surface area contributed by atoms with E-state index in [9.17, 15) is 18.9 Å². The van der Waals surface area contributed by atoms with Crippen molar-refractivity contribution in [1.29, 1.82) is 0 Å². The summed E-state index contributed by atoms with van der Waals surface area (Å²) in [4.78, 5) is 9.92. The monoisotopic (exact) mass is 264 g/mol. The van der Waals surface area contributed by atoms with Crippen LogP contribution >= 0.6 is 0 Å². The van der Waals surface area contributed by atoms with Crippen molar-refractivity contribution in [2.24, 2.45) is 0 Å². The van der Waals surface area contributed by atoms with Crippen LogP contribution in [0.25, 0.3) is 0 Å². The van der Waals surface area contributed by atoms with E-state index >= 15 is 0 Å². The normalized spacial score (nSPS) is 10.2. The molecule has 0 aliphatic rings. The highest BCUT2D eigenvalue weighted by molar-refractivity contribution is 5.45. The van der Waals surface area contributed by atoms with E-state index in [4.69, 9.17) is 0 Å².